The molecule has 26 heavy (non-hydrogen) atoms. The van der Waals surface area contributed by atoms with E-state index in [0.717, 1.165) is 29.1 Å². The SMILES string of the molecule is Cc1ccc(N2C[C@H](NC(=O)CCCc3ccc(Cl)cc3)CC2=O)cc1. The van der Waals surface area contributed by atoms with Crippen molar-refractivity contribution in [3.8, 4) is 0 Å². The van der Waals surface area contributed by atoms with Gasteiger partial charge in [0.15, 0.2) is 0 Å². The zero-order valence-corrected chi connectivity index (χ0v) is 15.6. The highest BCUT2D eigenvalue weighted by Gasteiger charge is 2.31. The lowest BCUT2D eigenvalue weighted by atomic mass is 10.1. The number of aryl methyl sites for hydroxylation is 2. The van der Waals surface area contributed by atoms with Crippen LogP contribution in [0.15, 0.2) is 48.5 Å². The first-order valence-corrected chi connectivity index (χ1v) is 9.30. The van der Waals surface area contributed by atoms with Crippen LogP contribution in [-0.2, 0) is 16.0 Å². The number of nitrogens with zero attached hydrogens (tertiary/aromatic N) is 1. The minimum absolute atomic E-state index is 0.00233. The van der Waals surface area contributed by atoms with Crippen LogP contribution in [0, 0.1) is 6.92 Å². The number of halogens is 1. The molecule has 3 rings (SSSR count). The minimum Gasteiger partial charge on any atom is -0.351 e. The van der Waals surface area contributed by atoms with Crippen molar-refractivity contribution in [3.05, 3.63) is 64.7 Å². The minimum atomic E-state index is -0.119. The van der Waals surface area contributed by atoms with E-state index in [1.807, 2.05) is 55.5 Å². The Morgan fingerprint density at radius 3 is 2.54 bits per heavy atom. The summed E-state index contributed by atoms with van der Waals surface area (Å²) in [4.78, 5) is 26.2. The van der Waals surface area contributed by atoms with Gasteiger partial charge >= 0.3 is 0 Å². The van der Waals surface area contributed by atoms with Crippen LogP contribution in [0.25, 0.3) is 0 Å². The Morgan fingerprint density at radius 1 is 1.15 bits per heavy atom. The average molecular weight is 371 g/mol. The van der Waals surface area contributed by atoms with Crippen molar-refractivity contribution in [2.24, 2.45) is 0 Å². The number of amides is 2. The van der Waals surface area contributed by atoms with Gasteiger partial charge in [-0.3, -0.25) is 9.59 Å². The summed E-state index contributed by atoms with van der Waals surface area (Å²) in [5, 5.41) is 3.71. The van der Waals surface area contributed by atoms with Crippen molar-refractivity contribution < 1.29 is 9.59 Å². The first-order chi connectivity index (χ1) is 12.5. The maximum Gasteiger partial charge on any atom is 0.229 e. The standard InChI is InChI=1S/C21H23ClN2O2/c1-15-5-11-19(12-6-15)24-14-18(13-21(24)26)23-20(25)4-2-3-16-7-9-17(22)10-8-16/h5-12,18H,2-4,13-14H2,1H3,(H,23,25)/t18-/m1/s1. The zero-order valence-electron chi connectivity index (χ0n) is 14.9. The molecule has 136 valence electrons. The first-order valence-electron chi connectivity index (χ1n) is 8.92. The number of nitrogens with one attached hydrogen (secondary N) is 1. The van der Waals surface area contributed by atoms with Gasteiger partial charge in [-0.15, -0.1) is 0 Å². The maximum absolute atomic E-state index is 12.2. The summed E-state index contributed by atoms with van der Waals surface area (Å²) >= 11 is 5.87. The van der Waals surface area contributed by atoms with Crippen LogP contribution in [0.1, 0.15) is 30.4 Å². The molecule has 1 N–H and O–H groups in total. The van der Waals surface area contributed by atoms with Gasteiger partial charge in [0, 0.05) is 30.1 Å². The van der Waals surface area contributed by atoms with E-state index in [0.29, 0.717) is 19.4 Å². The molecule has 2 aromatic carbocycles. The molecule has 0 spiro atoms. The van der Waals surface area contributed by atoms with Gasteiger partial charge in [0.05, 0.1) is 6.04 Å². The fraction of sp³-hybridized carbons (Fsp3) is 0.333. The van der Waals surface area contributed by atoms with Crippen molar-refractivity contribution in [1.82, 2.24) is 5.32 Å². The third-order valence-corrected chi connectivity index (χ3v) is 4.87. The van der Waals surface area contributed by atoms with E-state index in [-0.39, 0.29) is 17.9 Å². The Morgan fingerprint density at radius 2 is 1.85 bits per heavy atom. The van der Waals surface area contributed by atoms with Gasteiger partial charge in [0.2, 0.25) is 11.8 Å². The Balaban J connectivity index is 1.45. The molecule has 0 aliphatic carbocycles. The van der Waals surface area contributed by atoms with Crippen LogP contribution in [0.5, 0.6) is 0 Å². The van der Waals surface area contributed by atoms with Crippen molar-refractivity contribution in [1.29, 1.82) is 0 Å². The van der Waals surface area contributed by atoms with Gasteiger partial charge in [0.1, 0.15) is 0 Å². The fourth-order valence-corrected chi connectivity index (χ4v) is 3.31. The predicted molar refractivity (Wildman–Crippen MR) is 104 cm³/mol. The molecule has 2 amide bonds. The number of carbonyl (C=O) groups excluding carboxylic acids is 2. The molecule has 0 saturated carbocycles. The van der Waals surface area contributed by atoms with E-state index in [4.69, 9.17) is 11.6 Å². The highest BCUT2D eigenvalue weighted by molar-refractivity contribution is 6.30. The Labute approximate surface area is 159 Å². The zero-order chi connectivity index (χ0) is 18.5. The number of rotatable bonds is 6. The van der Waals surface area contributed by atoms with E-state index in [9.17, 15) is 9.59 Å². The van der Waals surface area contributed by atoms with Crippen molar-refractivity contribution in [2.75, 3.05) is 11.4 Å². The second-order valence-electron chi connectivity index (χ2n) is 6.79. The summed E-state index contributed by atoms with van der Waals surface area (Å²) in [6, 6.07) is 15.4. The van der Waals surface area contributed by atoms with E-state index in [2.05, 4.69) is 5.32 Å². The Bertz CT molecular complexity index is 772. The van der Waals surface area contributed by atoms with E-state index in [1.54, 1.807) is 4.90 Å². The summed E-state index contributed by atoms with van der Waals surface area (Å²) in [5.41, 5.74) is 3.22. The average Bonchev–Trinajstić information content (AvgIpc) is 2.97. The maximum atomic E-state index is 12.2. The number of anilines is 1. The topological polar surface area (TPSA) is 49.4 Å². The van der Waals surface area contributed by atoms with Crippen LogP contribution in [0.4, 0.5) is 5.69 Å². The molecule has 1 aliphatic heterocycles. The normalized spacial score (nSPS) is 16.8. The van der Waals surface area contributed by atoms with Crippen molar-refractivity contribution >= 4 is 29.1 Å². The van der Waals surface area contributed by atoms with Gasteiger partial charge in [-0.1, -0.05) is 41.4 Å². The largest absolute Gasteiger partial charge is 0.351 e. The van der Waals surface area contributed by atoms with Crippen molar-refractivity contribution in [3.63, 3.8) is 0 Å². The monoisotopic (exact) mass is 370 g/mol. The molecule has 0 unspecified atom stereocenters. The van der Waals surface area contributed by atoms with E-state index in [1.165, 1.54) is 5.56 Å². The molecule has 5 heteroatoms. The summed E-state index contributed by atoms with van der Waals surface area (Å²) in [6.07, 6.45) is 2.42. The lowest BCUT2D eigenvalue weighted by molar-refractivity contribution is -0.121. The molecule has 1 saturated heterocycles. The summed E-state index contributed by atoms with van der Waals surface area (Å²) in [5.74, 6) is 0.0582. The molecule has 2 aromatic rings. The second kappa shape index (κ2) is 8.37. The summed E-state index contributed by atoms with van der Waals surface area (Å²) in [7, 11) is 0. The second-order valence-corrected chi connectivity index (χ2v) is 7.22. The van der Waals surface area contributed by atoms with Gasteiger partial charge in [-0.2, -0.15) is 0 Å². The molecular weight excluding hydrogens is 348 g/mol. The molecule has 1 atom stereocenters. The fourth-order valence-electron chi connectivity index (χ4n) is 3.18. The molecule has 1 fully saturated rings. The third-order valence-electron chi connectivity index (χ3n) is 4.62. The molecule has 1 aliphatic rings. The lowest BCUT2D eigenvalue weighted by Crippen LogP contribution is -2.37. The number of benzene rings is 2. The number of hydrogen-bond acceptors (Lipinski definition) is 2. The highest BCUT2D eigenvalue weighted by Crippen LogP contribution is 2.22. The lowest BCUT2D eigenvalue weighted by Gasteiger charge is -2.17. The number of carbonyl (C=O) groups is 2. The molecular formula is C21H23ClN2O2. The van der Waals surface area contributed by atoms with Crippen LogP contribution in [-0.4, -0.2) is 24.4 Å². The quantitative estimate of drug-likeness (QED) is 0.838. The molecule has 0 radical (unpaired) electrons. The first kappa shape index (κ1) is 18.5. The van der Waals surface area contributed by atoms with Gasteiger partial charge in [0.25, 0.3) is 0 Å². The predicted octanol–water partition coefficient (Wildman–Crippen LogP) is 3.89. The van der Waals surface area contributed by atoms with E-state index >= 15 is 0 Å². The van der Waals surface area contributed by atoms with Crippen LogP contribution in [0.2, 0.25) is 5.02 Å². The van der Waals surface area contributed by atoms with Gasteiger partial charge in [-0.25, -0.2) is 0 Å². The Kier molecular flexibility index (Phi) is 5.94. The molecule has 0 bridgehead atoms. The summed E-state index contributed by atoms with van der Waals surface area (Å²) in [6.45, 7) is 2.55. The molecule has 4 nitrogen and oxygen atoms in total. The summed E-state index contributed by atoms with van der Waals surface area (Å²) < 4.78 is 0. The molecule has 0 aromatic heterocycles. The van der Waals surface area contributed by atoms with Crippen LogP contribution < -0.4 is 10.2 Å². The van der Waals surface area contributed by atoms with E-state index < -0.39 is 0 Å². The third kappa shape index (κ3) is 4.85. The Hall–Kier alpha value is -2.33. The van der Waals surface area contributed by atoms with Crippen LogP contribution >= 0.6 is 11.6 Å². The molecule has 1 heterocycles. The smallest absolute Gasteiger partial charge is 0.229 e. The van der Waals surface area contributed by atoms with Gasteiger partial charge < -0.3 is 10.2 Å². The number of hydrogen-bond donors (Lipinski definition) is 1. The van der Waals surface area contributed by atoms with Crippen LogP contribution in [0.3, 0.4) is 0 Å². The van der Waals surface area contributed by atoms with Crippen molar-refractivity contribution in [2.45, 2.75) is 38.6 Å². The highest BCUT2D eigenvalue weighted by atomic mass is 35.5. The van der Waals surface area contributed by atoms with Gasteiger partial charge in [-0.05, 0) is 49.6 Å².